The number of nitrogens with zero attached hydrogens (tertiary/aromatic N) is 2. The molecule has 4 heteroatoms. The van der Waals surface area contributed by atoms with E-state index in [4.69, 9.17) is 0 Å². The van der Waals surface area contributed by atoms with Gasteiger partial charge in [-0.25, -0.2) is 0 Å². The highest BCUT2D eigenvalue weighted by molar-refractivity contribution is 7.97. The molecular weight excluding hydrogens is 350 g/mol. The van der Waals surface area contributed by atoms with Crippen molar-refractivity contribution in [2.45, 2.75) is 51.0 Å². The summed E-state index contributed by atoms with van der Waals surface area (Å²) in [7, 11) is 0. The van der Waals surface area contributed by atoms with Crippen molar-refractivity contribution in [3.8, 4) is 22.3 Å². The molecule has 0 radical (unpaired) electrons. The summed E-state index contributed by atoms with van der Waals surface area (Å²) in [4.78, 5) is 10.2. The Kier molecular flexibility index (Phi) is 5.98. The van der Waals surface area contributed by atoms with Crippen molar-refractivity contribution in [1.29, 1.82) is 0 Å². The van der Waals surface area contributed by atoms with Gasteiger partial charge in [-0.05, 0) is 67.3 Å². The molecule has 0 amide bonds. The number of rotatable bonds is 5. The van der Waals surface area contributed by atoms with Crippen LogP contribution in [0.3, 0.4) is 0 Å². The van der Waals surface area contributed by atoms with Gasteiger partial charge in [0.1, 0.15) is 0 Å². The molecule has 2 aromatic heterocycles. The quantitative estimate of drug-likeness (QED) is 0.544. The normalized spacial score (nSPS) is 11.8. The smallest absolute Gasteiger partial charge is 0.0463 e. The number of pyridine rings is 2. The lowest BCUT2D eigenvalue weighted by Gasteiger charge is -2.18. The van der Waals surface area contributed by atoms with E-state index in [1.165, 1.54) is 10.5 Å². The predicted molar refractivity (Wildman–Crippen MR) is 116 cm³/mol. The minimum absolute atomic E-state index is 0.0264. The SMILES string of the molecule is CC(C)NSc1ccc(-c2cncc(-c3ccnc(C(C)(C)C)c3)c2)cc1. The monoisotopic (exact) mass is 377 g/mol. The zero-order chi connectivity index (χ0) is 19.4. The van der Waals surface area contributed by atoms with Crippen LogP contribution in [-0.2, 0) is 5.41 Å². The summed E-state index contributed by atoms with van der Waals surface area (Å²) < 4.78 is 3.37. The topological polar surface area (TPSA) is 37.8 Å². The Labute approximate surface area is 166 Å². The Morgan fingerprint density at radius 2 is 1.52 bits per heavy atom. The first-order chi connectivity index (χ1) is 12.8. The highest BCUT2D eigenvalue weighted by atomic mass is 32.2. The van der Waals surface area contributed by atoms with Crippen molar-refractivity contribution in [3.63, 3.8) is 0 Å². The van der Waals surface area contributed by atoms with Gasteiger partial charge in [-0.1, -0.05) is 32.9 Å². The molecule has 27 heavy (non-hydrogen) atoms. The van der Waals surface area contributed by atoms with Gasteiger partial charge in [0.05, 0.1) is 0 Å². The summed E-state index contributed by atoms with van der Waals surface area (Å²) in [6.07, 6.45) is 5.72. The molecule has 1 N–H and O–H groups in total. The van der Waals surface area contributed by atoms with Crippen LogP contribution in [0.1, 0.15) is 40.3 Å². The molecule has 0 aliphatic rings. The van der Waals surface area contributed by atoms with Gasteiger partial charge in [-0.2, -0.15) is 0 Å². The summed E-state index contributed by atoms with van der Waals surface area (Å²) in [5, 5.41) is 0. The third-order valence-corrected chi connectivity index (χ3v) is 5.30. The van der Waals surface area contributed by atoms with Gasteiger partial charge in [-0.15, -0.1) is 0 Å². The second-order valence-corrected chi connectivity index (χ2v) is 8.95. The molecule has 0 atom stereocenters. The first-order valence-electron chi connectivity index (χ1n) is 9.28. The predicted octanol–water partition coefficient (Wildman–Crippen LogP) is 6.11. The average molecular weight is 378 g/mol. The third kappa shape index (κ3) is 5.18. The van der Waals surface area contributed by atoms with Crippen LogP contribution in [0.5, 0.6) is 0 Å². The van der Waals surface area contributed by atoms with E-state index in [0.717, 1.165) is 22.4 Å². The number of nitrogens with one attached hydrogen (secondary N) is 1. The van der Waals surface area contributed by atoms with Crippen LogP contribution in [0.25, 0.3) is 22.3 Å². The van der Waals surface area contributed by atoms with Crippen molar-refractivity contribution in [2.75, 3.05) is 0 Å². The molecule has 0 saturated carbocycles. The molecule has 2 heterocycles. The maximum Gasteiger partial charge on any atom is 0.0463 e. The molecule has 140 valence electrons. The zero-order valence-electron chi connectivity index (χ0n) is 16.7. The molecule has 0 fully saturated rings. The molecule has 0 spiro atoms. The van der Waals surface area contributed by atoms with Crippen LogP contribution in [0.4, 0.5) is 0 Å². The Morgan fingerprint density at radius 1 is 0.852 bits per heavy atom. The van der Waals surface area contributed by atoms with Crippen molar-refractivity contribution in [2.24, 2.45) is 0 Å². The van der Waals surface area contributed by atoms with Gasteiger partial charge in [0.15, 0.2) is 0 Å². The molecule has 0 aliphatic carbocycles. The van der Waals surface area contributed by atoms with Crippen LogP contribution in [0.15, 0.2) is 66.0 Å². The standard InChI is InChI=1S/C23H27N3S/c1-16(2)26-27-21-8-6-17(7-9-21)19-12-20(15-24-14-19)18-10-11-25-22(13-18)23(3,4)5/h6-16,26H,1-5H3. The van der Waals surface area contributed by atoms with Gasteiger partial charge in [-0.3, -0.25) is 14.7 Å². The lowest BCUT2D eigenvalue weighted by molar-refractivity contribution is 0.569. The summed E-state index contributed by atoms with van der Waals surface area (Å²) in [5.74, 6) is 0. The Hall–Kier alpha value is -2.17. The van der Waals surface area contributed by atoms with Crippen LogP contribution in [-0.4, -0.2) is 16.0 Å². The van der Waals surface area contributed by atoms with Gasteiger partial charge >= 0.3 is 0 Å². The largest absolute Gasteiger partial charge is 0.263 e. The lowest BCUT2D eigenvalue weighted by atomic mass is 9.90. The van der Waals surface area contributed by atoms with E-state index in [1.807, 2.05) is 24.7 Å². The summed E-state index contributed by atoms with van der Waals surface area (Å²) in [6.45, 7) is 10.8. The lowest BCUT2D eigenvalue weighted by Crippen LogP contribution is -2.13. The summed E-state index contributed by atoms with van der Waals surface area (Å²) >= 11 is 1.66. The summed E-state index contributed by atoms with van der Waals surface area (Å²) in [6, 6.07) is 15.5. The van der Waals surface area contributed by atoms with Gasteiger partial charge < -0.3 is 0 Å². The first kappa shape index (κ1) is 19.6. The fourth-order valence-electron chi connectivity index (χ4n) is 2.68. The molecule has 0 saturated heterocycles. The van der Waals surface area contributed by atoms with Crippen molar-refractivity contribution < 1.29 is 0 Å². The van der Waals surface area contributed by atoms with E-state index in [1.54, 1.807) is 11.9 Å². The first-order valence-corrected chi connectivity index (χ1v) is 10.1. The summed E-state index contributed by atoms with van der Waals surface area (Å²) in [5.41, 5.74) is 5.67. The van der Waals surface area contributed by atoms with E-state index in [2.05, 4.69) is 85.7 Å². The van der Waals surface area contributed by atoms with Crippen LogP contribution < -0.4 is 4.72 Å². The second-order valence-electron chi connectivity index (χ2n) is 8.04. The Morgan fingerprint density at radius 3 is 2.15 bits per heavy atom. The van der Waals surface area contributed by atoms with E-state index < -0.39 is 0 Å². The minimum atomic E-state index is 0.0264. The highest BCUT2D eigenvalue weighted by Crippen LogP contribution is 2.29. The van der Waals surface area contributed by atoms with Crippen LogP contribution in [0.2, 0.25) is 0 Å². The molecule has 0 aliphatic heterocycles. The highest BCUT2D eigenvalue weighted by Gasteiger charge is 2.16. The number of aromatic nitrogens is 2. The van der Waals surface area contributed by atoms with Crippen molar-refractivity contribution in [1.82, 2.24) is 14.7 Å². The average Bonchev–Trinajstić information content (AvgIpc) is 2.66. The Balaban J connectivity index is 1.86. The fourth-order valence-corrected chi connectivity index (χ4v) is 3.32. The molecule has 3 aromatic rings. The zero-order valence-corrected chi connectivity index (χ0v) is 17.5. The third-order valence-electron chi connectivity index (χ3n) is 4.20. The molecule has 3 rings (SSSR count). The molecule has 0 unspecified atom stereocenters. The van der Waals surface area contributed by atoms with Gasteiger partial charge in [0.25, 0.3) is 0 Å². The van der Waals surface area contributed by atoms with Crippen molar-refractivity contribution in [3.05, 3.63) is 66.7 Å². The minimum Gasteiger partial charge on any atom is -0.263 e. The van der Waals surface area contributed by atoms with E-state index >= 15 is 0 Å². The maximum atomic E-state index is 4.53. The number of hydrogen-bond donors (Lipinski definition) is 1. The second kappa shape index (κ2) is 8.24. The fraction of sp³-hybridized carbons (Fsp3) is 0.304. The van der Waals surface area contributed by atoms with Crippen LogP contribution in [0, 0.1) is 0 Å². The Bertz CT molecular complexity index is 896. The van der Waals surface area contributed by atoms with E-state index in [9.17, 15) is 0 Å². The molecule has 0 bridgehead atoms. The maximum absolute atomic E-state index is 4.53. The van der Waals surface area contributed by atoms with Crippen LogP contribution >= 0.6 is 11.9 Å². The van der Waals surface area contributed by atoms with Gasteiger partial charge in [0.2, 0.25) is 0 Å². The van der Waals surface area contributed by atoms with Gasteiger partial charge in [0, 0.05) is 51.8 Å². The van der Waals surface area contributed by atoms with Crippen molar-refractivity contribution >= 4 is 11.9 Å². The number of hydrogen-bond acceptors (Lipinski definition) is 4. The van der Waals surface area contributed by atoms with E-state index in [-0.39, 0.29) is 5.41 Å². The molecule has 3 nitrogen and oxygen atoms in total. The van der Waals surface area contributed by atoms with E-state index in [0.29, 0.717) is 6.04 Å². The molecular formula is C23H27N3S. The number of benzene rings is 1. The molecule has 1 aromatic carbocycles.